The Morgan fingerprint density at radius 2 is 2.47 bits per heavy atom. The van der Waals surface area contributed by atoms with Crippen LogP contribution in [0.3, 0.4) is 0 Å². The molecular weight excluding hydrogens is 230 g/mol. The lowest BCUT2D eigenvalue weighted by molar-refractivity contribution is 0.601. The summed E-state index contributed by atoms with van der Waals surface area (Å²) >= 11 is 1.75. The topological polar surface area (TPSA) is 37.8 Å². The fraction of sp³-hybridized carbons (Fsp3) is 0.385. The predicted molar refractivity (Wildman–Crippen MR) is 70.1 cm³/mol. The van der Waals surface area contributed by atoms with E-state index in [2.05, 4.69) is 26.7 Å². The number of hydrogen-bond donors (Lipinski definition) is 1. The third-order valence-corrected chi connectivity index (χ3v) is 3.96. The van der Waals surface area contributed by atoms with Crippen LogP contribution in [0, 0.1) is 0 Å². The Kier molecular flexibility index (Phi) is 3.16. The van der Waals surface area contributed by atoms with E-state index < -0.39 is 0 Å². The van der Waals surface area contributed by atoms with Gasteiger partial charge in [-0.15, -0.1) is 11.3 Å². The Morgan fingerprint density at radius 1 is 1.47 bits per heavy atom. The fourth-order valence-electron chi connectivity index (χ4n) is 2.19. The Labute approximate surface area is 105 Å². The van der Waals surface area contributed by atoms with Crippen LogP contribution in [0.15, 0.2) is 29.9 Å². The average molecular weight is 245 g/mol. The zero-order chi connectivity index (χ0) is 11.5. The van der Waals surface area contributed by atoms with E-state index in [-0.39, 0.29) is 0 Å². The minimum Gasteiger partial charge on any atom is -0.314 e. The van der Waals surface area contributed by atoms with Crippen LogP contribution in [0.5, 0.6) is 0 Å². The fourth-order valence-corrected chi connectivity index (χ4v) is 3.08. The molecule has 0 aliphatic carbocycles. The number of thiazole rings is 1. The largest absolute Gasteiger partial charge is 0.314 e. The molecule has 3 nitrogen and oxygen atoms in total. The summed E-state index contributed by atoms with van der Waals surface area (Å²) in [7, 11) is 0. The highest BCUT2D eigenvalue weighted by molar-refractivity contribution is 7.09. The number of nitrogens with zero attached hydrogens (tertiary/aromatic N) is 2. The molecule has 0 spiro atoms. The van der Waals surface area contributed by atoms with Gasteiger partial charge in [-0.05, 0) is 31.5 Å². The van der Waals surface area contributed by atoms with Crippen LogP contribution in [-0.2, 0) is 6.42 Å². The van der Waals surface area contributed by atoms with Crippen molar-refractivity contribution < 1.29 is 0 Å². The second kappa shape index (κ2) is 4.94. The lowest BCUT2D eigenvalue weighted by atomic mass is 10.2. The first-order valence-electron chi connectivity index (χ1n) is 6.00. The van der Waals surface area contributed by atoms with E-state index in [1.54, 1.807) is 17.5 Å². The molecular formula is C13H15N3S. The first-order chi connectivity index (χ1) is 8.42. The Bertz CT molecular complexity index is 474. The van der Waals surface area contributed by atoms with Crippen LogP contribution < -0.4 is 5.32 Å². The maximum Gasteiger partial charge on any atom is 0.0948 e. The maximum atomic E-state index is 4.68. The predicted octanol–water partition coefficient (Wildman–Crippen LogP) is 2.50. The number of aromatic nitrogens is 2. The molecule has 17 heavy (non-hydrogen) atoms. The summed E-state index contributed by atoms with van der Waals surface area (Å²) in [6.07, 6.45) is 7.30. The highest BCUT2D eigenvalue weighted by Crippen LogP contribution is 2.22. The molecule has 1 atom stereocenters. The van der Waals surface area contributed by atoms with Gasteiger partial charge in [0, 0.05) is 35.8 Å². The third kappa shape index (κ3) is 2.53. The summed E-state index contributed by atoms with van der Waals surface area (Å²) in [6, 6.07) is 4.63. The molecule has 2 aromatic rings. The average Bonchev–Trinajstić information content (AvgIpc) is 3.02. The van der Waals surface area contributed by atoms with Crippen molar-refractivity contribution in [1.82, 2.24) is 15.3 Å². The zero-order valence-electron chi connectivity index (χ0n) is 9.60. The molecule has 4 heteroatoms. The minimum absolute atomic E-state index is 0.628. The summed E-state index contributed by atoms with van der Waals surface area (Å²) < 4.78 is 0. The molecule has 3 rings (SSSR count). The smallest absolute Gasteiger partial charge is 0.0948 e. The molecule has 1 unspecified atom stereocenters. The molecule has 0 bridgehead atoms. The van der Waals surface area contributed by atoms with E-state index in [0.29, 0.717) is 6.04 Å². The SMILES string of the molecule is c1cncc(-c2csc(CC3CCCN3)n2)c1. The molecule has 0 radical (unpaired) electrons. The summed E-state index contributed by atoms with van der Waals surface area (Å²) in [6.45, 7) is 1.16. The minimum atomic E-state index is 0.628. The molecule has 1 fully saturated rings. The van der Waals surface area contributed by atoms with Gasteiger partial charge < -0.3 is 5.32 Å². The lowest BCUT2D eigenvalue weighted by Crippen LogP contribution is -2.23. The standard InChI is InChI=1S/C13H15N3S/c1-3-10(8-14-5-1)12-9-17-13(16-12)7-11-4-2-6-15-11/h1,3,5,8-9,11,15H,2,4,6-7H2. The molecule has 1 N–H and O–H groups in total. The Morgan fingerprint density at radius 3 is 3.24 bits per heavy atom. The van der Waals surface area contributed by atoms with Gasteiger partial charge in [-0.3, -0.25) is 4.98 Å². The van der Waals surface area contributed by atoms with Crippen molar-refractivity contribution in [3.05, 3.63) is 34.9 Å². The van der Waals surface area contributed by atoms with Crippen LogP contribution >= 0.6 is 11.3 Å². The molecule has 3 heterocycles. The van der Waals surface area contributed by atoms with E-state index in [9.17, 15) is 0 Å². The van der Waals surface area contributed by atoms with Crippen molar-refractivity contribution in [1.29, 1.82) is 0 Å². The molecule has 0 amide bonds. The van der Waals surface area contributed by atoms with Gasteiger partial charge in [0.1, 0.15) is 0 Å². The summed E-state index contributed by atoms with van der Waals surface area (Å²) in [5.41, 5.74) is 2.16. The monoisotopic (exact) mass is 245 g/mol. The van der Waals surface area contributed by atoms with Crippen LogP contribution in [0.4, 0.5) is 0 Å². The van der Waals surface area contributed by atoms with Gasteiger partial charge in [0.15, 0.2) is 0 Å². The molecule has 0 saturated carbocycles. The number of rotatable bonds is 3. The van der Waals surface area contributed by atoms with Gasteiger partial charge in [-0.2, -0.15) is 0 Å². The van der Waals surface area contributed by atoms with Crippen molar-refractivity contribution in [2.45, 2.75) is 25.3 Å². The third-order valence-electron chi connectivity index (χ3n) is 3.09. The van der Waals surface area contributed by atoms with Gasteiger partial charge in [0.25, 0.3) is 0 Å². The first kappa shape index (κ1) is 10.9. The maximum absolute atomic E-state index is 4.68. The quantitative estimate of drug-likeness (QED) is 0.903. The van der Waals surface area contributed by atoms with Gasteiger partial charge in [-0.1, -0.05) is 0 Å². The number of nitrogens with one attached hydrogen (secondary N) is 1. The second-order valence-corrected chi connectivity index (χ2v) is 5.31. The molecule has 1 saturated heterocycles. The van der Waals surface area contributed by atoms with Crippen molar-refractivity contribution in [3.8, 4) is 11.3 Å². The highest BCUT2D eigenvalue weighted by Gasteiger charge is 2.16. The lowest BCUT2D eigenvalue weighted by Gasteiger charge is -2.06. The van der Waals surface area contributed by atoms with Gasteiger partial charge >= 0.3 is 0 Å². The van der Waals surface area contributed by atoms with Crippen molar-refractivity contribution >= 4 is 11.3 Å². The summed E-state index contributed by atoms with van der Waals surface area (Å²) in [4.78, 5) is 8.81. The van der Waals surface area contributed by atoms with Crippen LogP contribution in [-0.4, -0.2) is 22.6 Å². The van der Waals surface area contributed by atoms with Crippen LogP contribution in [0.25, 0.3) is 11.3 Å². The zero-order valence-corrected chi connectivity index (χ0v) is 10.4. The second-order valence-electron chi connectivity index (χ2n) is 4.37. The Balaban J connectivity index is 1.74. The molecule has 0 aromatic carbocycles. The normalized spacial score (nSPS) is 19.6. The van der Waals surface area contributed by atoms with E-state index in [1.165, 1.54) is 17.8 Å². The summed E-state index contributed by atoms with van der Waals surface area (Å²) in [5, 5.41) is 6.86. The van der Waals surface area contributed by atoms with Crippen molar-refractivity contribution in [2.24, 2.45) is 0 Å². The summed E-state index contributed by atoms with van der Waals surface area (Å²) in [5.74, 6) is 0. The van der Waals surface area contributed by atoms with Gasteiger partial charge in [0.2, 0.25) is 0 Å². The van der Waals surface area contributed by atoms with Gasteiger partial charge in [-0.25, -0.2) is 4.98 Å². The van der Waals surface area contributed by atoms with E-state index in [0.717, 1.165) is 24.2 Å². The highest BCUT2D eigenvalue weighted by atomic mass is 32.1. The molecule has 88 valence electrons. The van der Waals surface area contributed by atoms with E-state index in [4.69, 9.17) is 0 Å². The van der Waals surface area contributed by atoms with E-state index >= 15 is 0 Å². The van der Waals surface area contributed by atoms with Crippen molar-refractivity contribution in [3.63, 3.8) is 0 Å². The molecule has 1 aliphatic rings. The van der Waals surface area contributed by atoms with Crippen LogP contribution in [0.1, 0.15) is 17.8 Å². The van der Waals surface area contributed by atoms with Gasteiger partial charge in [0.05, 0.1) is 10.7 Å². The number of pyridine rings is 1. The first-order valence-corrected chi connectivity index (χ1v) is 6.88. The molecule has 2 aromatic heterocycles. The van der Waals surface area contributed by atoms with Crippen molar-refractivity contribution in [2.75, 3.05) is 6.54 Å². The Hall–Kier alpha value is -1.26. The number of hydrogen-bond acceptors (Lipinski definition) is 4. The van der Waals surface area contributed by atoms with Crippen LogP contribution in [0.2, 0.25) is 0 Å². The molecule has 1 aliphatic heterocycles. The van der Waals surface area contributed by atoms with E-state index in [1.807, 2.05) is 12.3 Å².